The zero-order valence-electron chi connectivity index (χ0n) is 14.4. The number of carbonyl (C=O) groups excluding carboxylic acids is 1. The lowest BCUT2D eigenvalue weighted by Crippen LogP contribution is -2.42. The number of hydrogen-bond acceptors (Lipinski definition) is 2. The van der Waals surface area contributed by atoms with Crippen molar-refractivity contribution < 1.29 is 14.7 Å². The van der Waals surface area contributed by atoms with Crippen LogP contribution in [0.25, 0.3) is 0 Å². The van der Waals surface area contributed by atoms with Crippen molar-refractivity contribution in [3.63, 3.8) is 0 Å². The largest absolute Gasteiger partial charge is 0.480 e. The van der Waals surface area contributed by atoms with Crippen molar-refractivity contribution in [2.45, 2.75) is 53.5 Å². The maximum absolute atomic E-state index is 12.5. The summed E-state index contributed by atoms with van der Waals surface area (Å²) < 4.78 is 0. The van der Waals surface area contributed by atoms with E-state index in [1.54, 1.807) is 20.8 Å². The molecule has 0 fully saturated rings. The SMILES string of the molecule is CC(C)(C)C(=O)N(CC(=O)O)Cc1ccccc1C(C)(C)C. The highest BCUT2D eigenvalue weighted by Gasteiger charge is 2.29. The van der Waals surface area contributed by atoms with Crippen LogP contribution in [-0.4, -0.2) is 28.4 Å². The molecule has 4 nitrogen and oxygen atoms in total. The van der Waals surface area contributed by atoms with E-state index in [0.717, 1.165) is 11.1 Å². The van der Waals surface area contributed by atoms with Crippen molar-refractivity contribution >= 4 is 11.9 Å². The van der Waals surface area contributed by atoms with Gasteiger partial charge in [0.25, 0.3) is 0 Å². The number of aliphatic carboxylic acids is 1. The molecule has 0 spiro atoms. The Kier molecular flexibility index (Phi) is 5.39. The molecule has 22 heavy (non-hydrogen) atoms. The van der Waals surface area contributed by atoms with Gasteiger partial charge in [-0.3, -0.25) is 9.59 Å². The van der Waals surface area contributed by atoms with Gasteiger partial charge in [-0.2, -0.15) is 0 Å². The summed E-state index contributed by atoms with van der Waals surface area (Å²) in [4.78, 5) is 25.1. The molecule has 1 aromatic carbocycles. The molecule has 0 unspecified atom stereocenters. The quantitative estimate of drug-likeness (QED) is 0.927. The summed E-state index contributed by atoms with van der Waals surface area (Å²) in [5.41, 5.74) is 1.46. The molecule has 1 N–H and O–H groups in total. The molecule has 1 rings (SSSR count). The number of hydrogen-bond donors (Lipinski definition) is 1. The zero-order valence-corrected chi connectivity index (χ0v) is 14.4. The third-order valence-corrected chi connectivity index (χ3v) is 3.44. The smallest absolute Gasteiger partial charge is 0.323 e. The van der Waals surface area contributed by atoms with Crippen molar-refractivity contribution in [2.75, 3.05) is 6.54 Å². The Hall–Kier alpha value is -1.84. The van der Waals surface area contributed by atoms with Gasteiger partial charge in [0.2, 0.25) is 5.91 Å². The summed E-state index contributed by atoms with van der Waals surface area (Å²) in [6.45, 7) is 11.8. The topological polar surface area (TPSA) is 57.6 Å². The van der Waals surface area contributed by atoms with Gasteiger partial charge in [0, 0.05) is 12.0 Å². The predicted molar refractivity (Wildman–Crippen MR) is 87.6 cm³/mol. The molecule has 0 atom stereocenters. The van der Waals surface area contributed by atoms with Crippen LogP contribution >= 0.6 is 0 Å². The highest BCUT2D eigenvalue weighted by Crippen LogP contribution is 2.27. The number of carboxylic acid groups (broad SMARTS) is 1. The normalized spacial score (nSPS) is 12.1. The second-order valence-electron chi connectivity index (χ2n) is 7.71. The van der Waals surface area contributed by atoms with Crippen LogP contribution in [0.15, 0.2) is 24.3 Å². The van der Waals surface area contributed by atoms with Crippen molar-refractivity contribution in [1.29, 1.82) is 0 Å². The van der Waals surface area contributed by atoms with Crippen LogP contribution in [0, 0.1) is 5.41 Å². The van der Waals surface area contributed by atoms with Gasteiger partial charge in [0.15, 0.2) is 0 Å². The maximum atomic E-state index is 12.5. The Morgan fingerprint density at radius 2 is 1.59 bits per heavy atom. The van der Waals surface area contributed by atoms with E-state index in [4.69, 9.17) is 5.11 Å². The van der Waals surface area contributed by atoms with Gasteiger partial charge >= 0.3 is 5.97 Å². The molecule has 0 aliphatic carbocycles. The molecule has 0 bridgehead atoms. The number of nitrogens with zero attached hydrogens (tertiary/aromatic N) is 1. The monoisotopic (exact) mass is 305 g/mol. The first kappa shape index (κ1) is 18.2. The first-order valence-electron chi connectivity index (χ1n) is 7.52. The van der Waals surface area contributed by atoms with Crippen molar-refractivity contribution in [1.82, 2.24) is 4.90 Å². The van der Waals surface area contributed by atoms with Crippen molar-refractivity contribution in [3.05, 3.63) is 35.4 Å². The minimum atomic E-state index is -0.995. The Morgan fingerprint density at radius 3 is 2.05 bits per heavy atom. The Labute approximate surface area is 133 Å². The van der Waals surface area contributed by atoms with Crippen LogP contribution in [0.2, 0.25) is 0 Å². The van der Waals surface area contributed by atoms with Gasteiger partial charge in [-0.1, -0.05) is 65.8 Å². The molecular formula is C18H27NO3. The standard InChI is InChI=1S/C18H27NO3/c1-17(2,3)14-10-8-7-9-13(14)11-19(12-15(20)21)16(22)18(4,5)6/h7-10H,11-12H2,1-6H3,(H,20,21). The van der Waals surface area contributed by atoms with Gasteiger partial charge in [0.05, 0.1) is 0 Å². The average Bonchev–Trinajstić information content (AvgIpc) is 2.34. The molecule has 4 heteroatoms. The molecule has 1 aromatic rings. The second-order valence-corrected chi connectivity index (χ2v) is 7.71. The van der Waals surface area contributed by atoms with Crippen LogP contribution in [0.3, 0.4) is 0 Å². The van der Waals surface area contributed by atoms with Gasteiger partial charge in [-0.25, -0.2) is 0 Å². The van der Waals surface area contributed by atoms with E-state index in [-0.39, 0.29) is 17.9 Å². The fraction of sp³-hybridized carbons (Fsp3) is 0.556. The molecule has 0 saturated carbocycles. The van der Waals surface area contributed by atoms with E-state index < -0.39 is 11.4 Å². The fourth-order valence-corrected chi connectivity index (χ4v) is 2.43. The molecule has 122 valence electrons. The van der Waals surface area contributed by atoms with Crippen LogP contribution in [0.1, 0.15) is 52.7 Å². The highest BCUT2D eigenvalue weighted by atomic mass is 16.4. The highest BCUT2D eigenvalue weighted by molar-refractivity contribution is 5.85. The van der Waals surface area contributed by atoms with E-state index in [9.17, 15) is 9.59 Å². The maximum Gasteiger partial charge on any atom is 0.323 e. The lowest BCUT2D eigenvalue weighted by atomic mass is 9.83. The van der Waals surface area contributed by atoms with Crippen LogP contribution in [-0.2, 0) is 21.5 Å². The minimum absolute atomic E-state index is 0.0593. The molecule has 0 radical (unpaired) electrons. The van der Waals surface area contributed by atoms with Gasteiger partial charge in [-0.05, 0) is 16.5 Å². The number of carboxylic acids is 1. The summed E-state index contributed by atoms with van der Waals surface area (Å²) in [5.74, 6) is -1.15. The number of rotatable bonds is 4. The summed E-state index contributed by atoms with van der Waals surface area (Å²) >= 11 is 0. The Balaban J connectivity index is 3.16. The second kappa shape index (κ2) is 6.51. The van der Waals surface area contributed by atoms with Gasteiger partial charge < -0.3 is 10.0 Å². The average molecular weight is 305 g/mol. The molecule has 0 heterocycles. The third kappa shape index (κ3) is 4.86. The van der Waals surface area contributed by atoms with Crippen LogP contribution < -0.4 is 0 Å². The van der Waals surface area contributed by atoms with E-state index in [1.807, 2.05) is 24.3 Å². The van der Waals surface area contributed by atoms with E-state index in [1.165, 1.54) is 4.90 Å². The third-order valence-electron chi connectivity index (χ3n) is 3.44. The number of amides is 1. The Bertz CT molecular complexity index is 550. The lowest BCUT2D eigenvalue weighted by Gasteiger charge is -2.30. The fourth-order valence-electron chi connectivity index (χ4n) is 2.43. The summed E-state index contributed by atoms with van der Waals surface area (Å²) in [7, 11) is 0. The summed E-state index contributed by atoms with van der Waals surface area (Å²) in [6, 6.07) is 7.89. The lowest BCUT2D eigenvalue weighted by molar-refractivity contribution is -0.148. The Morgan fingerprint density at radius 1 is 1.05 bits per heavy atom. The molecule has 0 saturated heterocycles. The predicted octanol–water partition coefficient (Wildman–Crippen LogP) is 3.44. The summed E-state index contributed by atoms with van der Waals surface area (Å²) in [5, 5.41) is 9.11. The first-order valence-corrected chi connectivity index (χ1v) is 7.52. The molecule has 1 amide bonds. The van der Waals surface area contributed by atoms with Crippen LogP contribution in [0.4, 0.5) is 0 Å². The molecule has 0 aliphatic rings. The molecule has 0 aromatic heterocycles. The zero-order chi connectivity index (χ0) is 17.1. The number of carbonyl (C=O) groups is 2. The van der Waals surface area contributed by atoms with Crippen molar-refractivity contribution in [3.8, 4) is 0 Å². The number of benzene rings is 1. The molecular weight excluding hydrogens is 278 g/mol. The van der Waals surface area contributed by atoms with Crippen LogP contribution in [0.5, 0.6) is 0 Å². The van der Waals surface area contributed by atoms with Crippen molar-refractivity contribution in [2.24, 2.45) is 5.41 Å². The van der Waals surface area contributed by atoms with E-state index in [2.05, 4.69) is 20.8 Å². The van der Waals surface area contributed by atoms with Gasteiger partial charge in [0.1, 0.15) is 6.54 Å². The molecule has 0 aliphatic heterocycles. The van der Waals surface area contributed by atoms with E-state index in [0.29, 0.717) is 6.54 Å². The summed E-state index contributed by atoms with van der Waals surface area (Å²) in [6.07, 6.45) is 0. The van der Waals surface area contributed by atoms with E-state index >= 15 is 0 Å². The first-order chi connectivity index (χ1) is 9.93. The minimum Gasteiger partial charge on any atom is -0.480 e. The van der Waals surface area contributed by atoms with Gasteiger partial charge in [-0.15, -0.1) is 0 Å².